The summed E-state index contributed by atoms with van der Waals surface area (Å²) in [6.07, 6.45) is 0. The van der Waals surface area contributed by atoms with E-state index in [9.17, 15) is 0 Å². The van der Waals surface area contributed by atoms with Crippen molar-refractivity contribution in [2.45, 2.75) is 19.3 Å². The third kappa shape index (κ3) is 4.20. The first-order valence-corrected chi connectivity index (χ1v) is 17.9. The molecule has 52 heavy (non-hydrogen) atoms. The number of furan rings is 2. The van der Waals surface area contributed by atoms with E-state index in [1.165, 1.54) is 33.0 Å². The summed E-state index contributed by atoms with van der Waals surface area (Å²) in [5.41, 5.74) is 14.2. The Kier molecular flexibility index (Phi) is 6.01. The van der Waals surface area contributed by atoms with Crippen LogP contribution in [-0.2, 0) is 5.41 Å². The maximum atomic E-state index is 6.60. The molecule has 3 nitrogen and oxygen atoms in total. The van der Waals surface area contributed by atoms with Gasteiger partial charge < -0.3 is 13.7 Å². The lowest BCUT2D eigenvalue weighted by Crippen LogP contribution is -2.16. The molecule has 0 spiro atoms. The largest absolute Gasteiger partial charge is 0.456 e. The minimum atomic E-state index is -0.114. The number of hydrogen-bond acceptors (Lipinski definition) is 3. The SMILES string of the molecule is CC1(C)c2ccccc2-c2ccc(N(c3ccc(-c4cccc5c4oc4cc6ccccc6cc45)cc3)c3ccc4c(c3)oc3ccccc34)cc21. The van der Waals surface area contributed by atoms with Crippen LogP contribution in [-0.4, -0.2) is 0 Å². The van der Waals surface area contributed by atoms with Crippen molar-refractivity contribution in [2.24, 2.45) is 0 Å². The quantitative estimate of drug-likeness (QED) is 0.187. The Morgan fingerprint density at radius 2 is 1.04 bits per heavy atom. The molecular formula is C49H33NO2. The summed E-state index contributed by atoms with van der Waals surface area (Å²) in [6.45, 7) is 4.67. The normalized spacial score (nSPS) is 13.3. The van der Waals surface area contributed by atoms with Crippen LogP contribution in [0.4, 0.5) is 17.1 Å². The van der Waals surface area contributed by atoms with Crippen LogP contribution >= 0.6 is 0 Å². The van der Waals surface area contributed by atoms with Gasteiger partial charge in [0.25, 0.3) is 0 Å². The average molecular weight is 668 g/mol. The van der Waals surface area contributed by atoms with Crippen LogP contribution in [0.2, 0.25) is 0 Å². The van der Waals surface area contributed by atoms with Crippen molar-refractivity contribution in [3.63, 3.8) is 0 Å². The summed E-state index contributed by atoms with van der Waals surface area (Å²) in [5, 5.41) is 6.91. The second-order valence-corrected chi connectivity index (χ2v) is 14.5. The van der Waals surface area contributed by atoms with Gasteiger partial charge in [0.15, 0.2) is 0 Å². The third-order valence-corrected chi connectivity index (χ3v) is 11.2. The van der Waals surface area contributed by atoms with Gasteiger partial charge in [0, 0.05) is 55.7 Å². The highest BCUT2D eigenvalue weighted by Crippen LogP contribution is 2.51. The van der Waals surface area contributed by atoms with Gasteiger partial charge in [-0.05, 0) is 93.2 Å². The molecule has 2 aromatic heterocycles. The molecule has 2 heterocycles. The van der Waals surface area contributed by atoms with Crippen LogP contribution in [0, 0.1) is 0 Å². The van der Waals surface area contributed by atoms with Crippen molar-refractivity contribution in [3.8, 4) is 22.3 Å². The molecule has 8 aromatic carbocycles. The molecule has 0 bridgehead atoms. The maximum Gasteiger partial charge on any atom is 0.143 e. The summed E-state index contributed by atoms with van der Waals surface area (Å²) in [5.74, 6) is 0. The van der Waals surface area contributed by atoms with Gasteiger partial charge in [-0.3, -0.25) is 0 Å². The number of para-hydroxylation sites is 2. The lowest BCUT2D eigenvalue weighted by molar-refractivity contribution is 0.660. The first-order chi connectivity index (χ1) is 25.5. The zero-order valence-electron chi connectivity index (χ0n) is 28.9. The fraction of sp³-hybridized carbons (Fsp3) is 0.0612. The van der Waals surface area contributed by atoms with Gasteiger partial charge in [0.05, 0.1) is 0 Å². The zero-order chi connectivity index (χ0) is 34.6. The fourth-order valence-electron chi connectivity index (χ4n) is 8.63. The van der Waals surface area contributed by atoms with Crippen LogP contribution in [0.3, 0.4) is 0 Å². The van der Waals surface area contributed by atoms with E-state index in [2.05, 4.69) is 170 Å². The highest BCUT2D eigenvalue weighted by molar-refractivity contribution is 6.13. The second kappa shape index (κ2) is 10.7. The number of rotatable bonds is 4. The molecule has 3 heteroatoms. The molecule has 11 rings (SSSR count). The van der Waals surface area contributed by atoms with Crippen molar-refractivity contribution >= 4 is 71.7 Å². The number of nitrogens with zero attached hydrogens (tertiary/aromatic N) is 1. The molecule has 0 saturated carbocycles. The highest BCUT2D eigenvalue weighted by Gasteiger charge is 2.35. The van der Waals surface area contributed by atoms with Crippen molar-refractivity contribution in [1.82, 2.24) is 0 Å². The van der Waals surface area contributed by atoms with Crippen molar-refractivity contribution in [1.29, 1.82) is 0 Å². The van der Waals surface area contributed by atoms with Gasteiger partial charge in [-0.25, -0.2) is 0 Å². The number of fused-ring (bicyclic) bond motifs is 10. The summed E-state index contributed by atoms with van der Waals surface area (Å²) in [7, 11) is 0. The molecule has 0 aliphatic heterocycles. The minimum Gasteiger partial charge on any atom is -0.456 e. The molecule has 10 aromatic rings. The zero-order valence-corrected chi connectivity index (χ0v) is 28.9. The number of anilines is 3. The van der Waals surface area contributed by atoms with Gasteiger partial charge in [-0.15, -0.1) is 0 Å². The van der Waals surface area contributed by atoms with E-state index < -0.39 is 0 Å². The van der Waals surface area contributed by atoms with Gasteiger partial charge >= 0.3 is 0 Å². The molecule has 0 unspecified atom stereocenters. The lowest BCUT2D eigenvalue weighted by Gasteiger charge is -2.28. The predicted molar refractivity (Wildman–Crippen MR) is 216 cm³/mol. The molecule has 0 atom stereocenters. The predicted octanol–water partition coefficient (Wildman–Crippen LogP) is 14.1. The van der Waals surface area contributed by atoms with Gasteiger partial charge in [0.1, 0.15) is 22.3 Å². The molecule has 0 N–H and O–H groups in total. The lowest BCUT2D eigenvalue weighted by atomic mass is 9.82. The molecule has 1 aliphatic carbocycles. The van der Waals surface area contributed by atoms with Crippen LogP contribution in [0.1, 0.15) is 25.0 Å². The topological polar surface area (TPSA) is 29.5 Å². The van der Waals surface area contributed by atoms with E-state index in [4.69, 9.17) is 8.83 Å². The van der Waals surface area contributed by atoms with Crippen molar-refractivity contribution in [2.75, 3.05) is 4.90 Å². The molecular weight excluding hydrogens is 635 g/mol. The van der Waals surface area contributed by atoms with E-state index in [-0.39, 0.29) is 5.41 Å². The van der Waals surface area contributed by atoms with Crippen molar-refractivity contribution in [3.05, 3.63) is 175 Å². The van der Waals surface area contributed by atoms with E-state index in [0.717, 1.165) is 72.1 Å². The Hall–Kier alpha value is -6.58. The summed E-state index contributed by atoms with van der Waals surface area (Å²) in [6, 6.07) is 58.8. The average Bonchev–Trinajstić information content (AvgIpc) is 3.81. The van der Waals surface area contributed by atoms with E-state index >= 15 is 0 Å². The van der Waals surface area contributed by atoms with E-state index in [0.29, 0.717) is 0 Å². The van der Waals surface area contributed by atoms with Gasteiger partial charge in [-0.1, -0.05) is 117 Å². The first kappa shape index (κ1) is 29.2. The summed E-state index contributed by atoms with van der Waals surface area (Å²) in [4.78, 5) is 2.35. The van der Waals surface area contributed by atoms with Crippen molar-refractivity contribution < 1.29 is 8.83 Å². The monoisotopic (exact) mass is 667 g/mol. The second-order valence-electron chi connectivity index (χ2n) is 14.5. The van der Waals surface area contributed by atoms with E-state index in [1.807, 2.05) is 12.1 Å². The minimum absolute atomic E-state index is 0.114. The third-order valence-electron chi connectivity index (χ3n) is 11.2. The molecule has 0 saturated heterocycles. The molecule has 246 valence electrons. The van der Waals surface area contributed by atoms with E-state index in [1.54, 1.807) is 0 Å². The molecule has 0 amide bonds. The Bertz CT molecular complexity index is 3050. The smallest absolute Gasteiger partial charge is 0.143 e. The molecule has 1 aliphatic rings. The molecule has 0 radical (unpaired) electrons. The highest BCUT2D eigenvalue weighted by atomic mass is 16.3. The Morgan fingerprint density at radius 3 is 1.92 bits per heavy atom. The van der Waals surface area contributed by atoms with Crippen LogP contribution in [0.25, 0.3) is 76.9 Å². The Balaban J connectivity index is 1.06. The molecule has 0 fully saturated rings. The Labute approximate surface area is 301 Å². The summed E-state index contributed by atoms with van der Waals surface area (Å²) >= 11 is 0. The maximum absolute atomic E-state index is 6.60. The van der Waals surface area contributed by atoms with Gasteiger partial charge in [0.2, 0.25) is 0 Å². The van der Waals surface area contributed by atoms with Gasteiger partial charge in [-0.2, -0.15) is 0 Å². The Morgan fingerprint density at radius 1 is 0.404 bits per heavy atom. The standard InChI is InChI=1S/C49H33NO2/c1-49(2)43-16-7-5-12-37(43)38-24-22-34(28-44(38)49)50(35-23-25-40-39-13-6-8-17-45(39)51-47(40)29-35)33-20-18-30(19-21-33)36-14-9-15-41-42-26-31-10-3-4-11-32(31)27-46(42)52-48(36)41/h3-29H,1-2H3. The fourth-order valence-corrected chi connectivity index (χ4v) is 8.63. The number of hydrogen-bond donors (Lipinski definition) is 0. The summed E-state index contributed by atoms with van der Waals surface area (Å²) < 4.78 is 13.0. The number of benzene rings is 8. The first-order valence-electron chi connectivity index (χ1n) is 17.9. The van der Waals surface area contributed by atoms with Crippen LogP contribution in [0.5, 0.6) is 0 Å². The van der Waals surface area contributed by atoms with Crippen LogP contribution in [0.15, 0.2) is 173 Å². The van der Waals surface area contributed by atoms with Crippen LogP contribution < -0.4 is 4.90 Å².